The summed E-state index contributed by atoms with van der Waals surface area (Å²) in [6.07, 6.45) is 2.84. The molecule has 0 fully saturated rings. The molecule has 0 aliphatic heterocycles. The molecule has 0 heterocycles. The standard InChI is InChI=1S/C7H12BN3OS/c1-3-6(13(10)12)4-7(9)5(2)11-8/h3-4,11H,1,9-10H2,2H3/b6-4+,7-5-. The summed E-state index contributed by atoms with van der Waals surface area (Å²) in [5.41, 5.74) is 6.51. The van der Waals surface area contributed by atoms with E-state index in [0.717, 1.165) is 0 Å². The molecule has 6 heteroatoms. The third-order valence-corrected chi connectivity index (χ3v) is 2.13. The summed E-state index contributed by atoms with van der Waals surface area (Å²) in [4.78, 5) is 0.354. The van der Waals surface area contributed by atoms with Crippen molar-refractivity contribution in [3.05, 3.63) is 35.0 Å². The van der Waals surface area contributed by atoms with Gasteiger partial charge in [0.05, 0.1) is 17.1 Å². The van der Waals surface area contributed by atoms with Crippen molar-refractivity contribution in [1.82, 2.24) is 5.23 Å². The van der Waals surface area contributed by atoms with Crippen LogP contribution in [0.1, 0.15) is 6.92 Å². The maximum absolute atomic E-state index is 10.8. The van der Waals surface area contributed by atoms with Crippen LogP contribution in [0.25, 0.3) is 0 Å². The smallest absolute Gasteiger partial charge is 0.222 e. The van der Waals surface area contributed by atoms with E-state index in [9.17, 15) is 4.55 Å². The lowest BCUT2D eigenvalue weighted by Gasteiger charge is -2.05. The van der Waals surface area contributed by atoms with Gasteiger partial charge in [-0.15, -0.1) is 5.14 Å². The van der Waals surface area contributed by atoms with Crippen LogP contribution in [0.5, 0.6) is 0 Å². The zero-order valence-electron chi connectivity index (χ0n) is 7.41. The van der Waals surface area contributed by atoms with Crippen LogP contribution in [0.2, 0.25) is 0 Å². The van der Waals surface area contributed by atoms with Crippen LogP contribution in [0.4, 0.5) is 0 Å². The average Bonchev–Trinajstić information content (AvgIpc) is 2.11. The molecule has 0 spiro atoms. The highest BCUT2D eigenvalue weighted by molar-refractivity contribution is 7.93. The minimum Gasteiger partial charge on any atom is -0.593 e. The van der Waals surface area contributed by atoms with Crippen LogP contribution in [-0.2, 0) is 11.4 Å². The molecule has 2 radical (unpaired) electrons. The van der Waals surface area contributed by atoms with Crippen molar-refractivity contribution >= 4 is 19.3 Å². The van der Waals surface area contributed by atoms with Gasteiger partial charge in [-0.3, -0.25) is 0 Å². The fourth-order valence-corrected chi connectivity index (χ4v) is 0.951. The number of hydrogen-bond acceptors (Lipinski definition) is 4. The van der Waals surface area contributed by atoms with Crippen LogP contribution < -0.4 is 16.1 Å². The molecule has 0 amide bonds. The molecule has 0 bridgehead atoms. The maximum atomic E-state index is 10.8. The third-order valence-electron chi connectivity index (χ3n) is 1.38. The van der Waals surface area contributed by atoms with E-state index in [1.54, 1.807) is 6.92 Å². The Kier molecular flexibility index (Phi) is 5.37. The molecule has 1 unspecified atom stereocenters. The third kappa shape index (κ3) is 4.07. The Bertz CT molecular complexity index is 250. The SMILES string of the molecule is [B]N/C(C)=C(N)/C=C(\C=C)[S+](N)[O-]. The van der Waals surface area contributed by atoms with Crippen LogP contribution in [0, 0.1) is 0 Å². The highest BCUT2D eigenvalue weighted by Crippen LogP contribution is 2.06. The molecule has 0 aromatic carbocycles. The van der Waals surface area contributed by atoms with Crippen LogP contribution >= 0.6 is 0 Å². The van der Waals surface area contributed by atoms with Gasteiger partial charge in [0, 0.05) is 11.8 Å². The Labute approximate surface area is 82.5 Å². The number of hydrogen-bond donors (Lipinski definition) is 3. The lowest BCUT2D eigenvalue weighted by Crippen LogP contribution is -2.16. The number of nitrogens with two attached hydrogens (primary N) is 2. The van der Waals surface area contributed by atoms with E-state index in [0.29, 0.717) is 16.3 Å². The second-order valence-corrected chi connectivity index (χ2v) is 3.34. The quantitative estimate of drug-likeness (QED) is 0.323. The van der Waals surface area contributed by atoms with Crippen molar-refractivity contribution in [3.8, 4) is 0 Å². The average molecular weight is 197 g/mol. The van der Waals surface area contributed by atoms with E-state index in [-0.39, 0.29) is 0 Å². The van der Waals surface area contributed by atoms with E-state index in [1.165, 1.54) is 12.2 Å². The van der Waals surface area contributed by atoms with Gasteiger partial charge in [-0.25, -0.2) is 0 Å². The molecule has 4 nitrogen and oxygen atoms in total. The molecule has 0 rings (SSSR count). The summed E-state index contributed by atoms with van der Waals surface area (Å²) < 4.78 is 10.8. The van der Waals surface area contributed by atoms with E-state index in [1.807, 2.05) is 0 Å². The van der Waals surface area contributed by atoms with Crippen molar-refractivity contribution in [2.45, 2.75) is 6.92 Å². The van der Waals surface area contributed by atoms with Crippen LogP contribution in [0.3, 0.4) is 0 Å². The molecule has 5 N–H and O–H groups in total. The van der Waals surface area contributed by atoms with Gasteiger partial charge in [-0.05, 0) is 13.0 Å². The first kappa shape index (κ1) is 12.2. The topological polar surface area (TPSA) is 87.1 Å². The van der Waals surface area contributed by atoms with Gasteiger partial charge in [0.15, 0.2) is 4.91 Å². The van der Waals surface area contributed by atoms with Gasteiger partial charge in [0.1, 0.15) is 0 Å². The van der Waals surface area contributed by atoms with Gasteiger partial charge >= 0.3 is 0 Å². The van der Waals surface area contributed by atoms with Gasteiger partial charge in [-0.2, -0.15) is 0 Å². The van der Waals surface area contributed by atoms with Gasteiger partial charge in [-0.1, -0.05) is 6.58 Å². The fraction of sp³-hybridized carbons (Fsp3) is 0.143. The van der Waals surface area contributed by atoms with E-state index in [4.69, 9.17) is 18.9 Å². The van der Waals surface area contributed by atoms with Crippen molar-refractivity contribution in [2.75, 3.05) is 0 Å². The van der Waals surface area contributed by atoms with Gasteiger partial charge in [0.25, 0.3) is 0 Å². The Morgan fingerprint density at radius 2 is 2.23 bits per heavy atom. The lowest BCUT2D eigenvalue weighted by atomic mass is 10.2. The first-order valence-electron chi connectivity index (χ1n) is 3.46. The predicted molar refractivity (Wildman–Crippen MR) is 56.4 cm³/mol. The predicted octanol–water partition coefficient (Wildman–Crippen LogP) is -0.458. The van der Waals surface area contributed by atoms with E-state index >= 15 is 0 Å². The Hall–Kier alpha value is -0.845. The normalized spacial score (nSPS) is 16.1. The molecule has 0 aromatic heterocycles. The Morgan fingerprint density at radius 1 is 1.69 bits per heavy atom. The van der Waals surface area contributed by atoms with E-state index in [2.05, 4.69) is 11.8 Å². The fourth-order valence-electron chi connectivity index (χ4n) is 0.544. The van der Waals surface area contributed by atoms with Crippen molar-refractivity contribution < 1.29 is 4.55 Å². The molecule has 0 saturated carbocycles. The Morgan fingerprint density at radius 3 is 2.54 bits per heavy atom. The first-order valence-corrected chi connectivity index (χ1v) is 4.67. The molecule has 0 aliphatic carbocycles. The summed E-state index contributed by atoms with van der Waals surface area (Å²) in [5.74, 6) is 0. The van der Waals surface area contributed by atoms with Crippen LogP contribution in [-0.4, -0.2) is 12.5 Å². The summed E-state index contributed by atoms with van der Waals surface area (Å²) in [6.45, 7) is 5.14. The second-order valence-electron chi connectivity index (χ2n) is 2.27. The van der Waals surface area contributed by atoms with Gasteiger partial charge in [0.2, 0.25) is 7.98 Å². The van der Waals surface area contributed by atoms with E-state index < -0.39 is 11.4 Å². The molecule has 0 aliphatic rings. The molecule has 0 saturated heterocycles. The summed E-state index contributed by atoms with van der Waals surface area (Å²) >= 11 is -1.58. The van der Waals surface area contributed by atoms with Crippen molar-refractivity contribution in [1.29, 1.82) is 0 Å². The highest BCUT2D eigenvalue weighted by atomic mass is 32.2. The largest absolute Gasteiger partial charge is 0.593 e. The minimum atomic E-state index is -1.58. The maximum Gasteiger partial charge on any atom is 0.222 e. The zero-order valence-corrected chi connectivity index (χ0v) is 8.23. The molecular formula is C7H12BN3OS. The molecule has 13 heavy (non-hydrogen) atoms. The van der Waals surface area contributed by atoms with Crippen molar-refractivity contribution in [3.63, 3.8) is 0 Å². The number of rotatable bonds is 4. The van der Waals surface area contributed by atoms with Crippen LogP contribution in [0.15, 0.2) is 35.0 Å². The van der Waals surface area contributed by atoms with Crippen molar-refractivity contribution in [2.24, 2.45) is 10.9 Å². The van der Waals surface area contributed by atoms with Gasteiger partial charge < -0.3 is 15.5 Å². The zero-order chi connectivity index (χ0) is 10.4. The summed E-state index contributed by atoms with van der Waals surface area (Å²) in [7, 11) is 5.12. The molecule has 1 atom stereocenters. The number of nitrogens with one attached hydrogen (secondary N) is 1. The Balaban J connectivity index is 4.80. The monoisotopic (exact) mass is 197 g/mol. The lowest BCUT2D eigenvalue weighted by molar-refractivity contribution is 0.603. The molecular weight excluding hydrogens is 185 g/mol. The second kappa shape index (κ2) is 5.74. The molecule has 70 valence electrons. The number of allylic oxidation sites excluding steroid dienone is 3. The minimum absolute atomic E-state index is 0.354. The summed E-state index contributed by atoms with van der Waals surface area (Å²) in [5, 5.41) is 7.51. The molecule has 0 aromatic rings. The highest BCUT2D eigenvalue weighted by Gasteiger charge is 2.05. The first-order chi connectivity index (χ1) is 6.02. The summed E-state index contributed by atoms with van der Waals surface area (Å²) in [6, 6.07) is 0.